The second-order valence-electron chi connectivity index (χ2n) is 3.52. The molecule has 0 aliphatic heterocycles. The minimum atomic E-state index is -3.88. The molecule has 8 nitrogen and oxygen atoms in total. The predicted octanol–water partition coefficient (Wildman–Crippen LogP) is 0.00740. The van der Waals surface area contributed by atoms with E-state index < -0.39 is 15.6 Å². The summed E-state index contributed by atoms with van der Waals surface area (Å²) in [6.45, 7) is 0. The van der Waals surface area contributed by atoms with Crippen molar-refractivity contribution in [2.75, 3.05) is 17.1 Å². The van der Waals surface area contributed by atoms with Crippen LogP contribution in [0.5, 0.6) is 0 Å². The smallest absolute Gasteiger partial charge is 0.282 e. The van der Waals surface area contributed by atoms with E-state index in [-0.39, 0.29) is 10.8 Å². The Labute approximate surface area is 109 Å². The van der Waals surface area contributed by atoms with Gasteiger partial charge < -0.3 is 5.32 Å². The fourth-order valence-corrected chi connectivity index (χ4v) is 2.53. The van der Waals surface area contributed by atoms with Crippen LogP contribution in [0.15, 0.2) is 40.3 Å². The van der Waals surface area contributed by atoms with Gasteiger partial charge in [-0.2, -0.15) is 13.5 Å². The van der Waals surface area contributed by atoms with Crippen molar-refractivity contribution in [1.29, 1.82) is 0 Å². The average Bonchev–Trinajstić information content (AvgIpc) is 2.41. The fourth-order valence-electron chi connectivity index (χ4n) is 1.38. The van der Waals surface area contributed by atoms with Gasteiger partial charge in [-0.25, -0.2) is 10.1 Å². The number of rotatable bonds is 4. The number of sulfonamides is 1. The van der Waals surface area contributed by atoms with Crippen molar-refractivity contribution in [3.05, 3.63) is 40.8 Å². The summed E-state index contributed by atoms with van der Waals surface area (Å²) in [6.07, 6.45) is 1.37. The summed E-state index contributed by atoms with van der Waals surface area (Å²) >= 11 is 0. The molecule has 3 N–H and O–H groups in total. The summed E-state index contributed by atoms with van der Waals surface area (Å²) in [5.74, 6) is 0.00676. The lowest BCUT2D eigenvalue weighted by atomic mass is 10.4. The molecule has 2 heterocycles. The summed E-state index contributed by atoms with van der Waals surface area (Å²) in [4.78, 5) is 14.7. The van der Waals surface area contributed by atoms with Gasteiger partial charge in [0.05, 0.1) is 5.69 Å². The number of aromatic amines is 1. The second-order valence-corrected chi connectivity index (χ2v) is 5.12. The predicted molar refractivity (Wildman–Crippen MR) is 69.4 cm³/mol. The van der Waals surface area contributed by atoms with E-state index in [1.807, 2.05) is 0 Å². The molecule has 19 heavy (non-hydrogen) atoms. The lowest BCUT2D eigenvalue weighted by molar-refractivity contribution is 0.597. The van der Waals surface area contributed by atoms with E-state index >= 15 is 0 Å². The molecule has 2 aromatic heterocycles. The Morgan fingerprint density at radius 1 is 1.26 bits per heavy atom. The van der Waals surface area contributed by atoms with Crippen LogP contribution in [0.25, 0.3) is 0 Å². The van der Waals surface area contributed by atoms with Crippen molar-refractivity contribution in [2.45, 2.75) is 5.03 Å². The minimum Gasteiger partial charge on any atom is -0.386 e. The summed E-state index contributed by atoms with van der Waals surface area (Å²) < 4.78 is 26.5. The largest absolute Gasteiger partial charge is 0.386 e. The molecule has 0 saturated heterocycles. The van der Waals surface area contributed by atoms with Gasteiger partial charge in [0.1, 0.15) is 0 Å². The Morgan fingerprint density at radius 2 is 2.05 bits per heavy atom. The molecule has 0 spiro atoms. The first-order chi connectivity index (χ1) is 9.03. The van der Waals surface area contributed by atoms with Crippen LogP contribution in [-0.4, -0.2) is 30.6 Å². The Hall–Kier alpha value is -2.42. The summed E-state index contributed by atoms with van der Waals surface area (Å²) in [7, 11) is -2.29. The Morgan fingerprint density at radius 3 is 2.68 bits per heavy atom. The molecule has 100 valence electrons. The van der Waals surface area contributed by atoms with Crippen LogP contribution in [-0.2, 0) is 10.0 Å². The number of anilines is 2. The highest BCUT2D eigenvalue weighted by Crippen LogP contribution is 2.19. The van der Waals surface area contributed by atoms with E-state index in [1.54, 1.807) is 19.2 Å². The van der Waals surface area contributed by atoms with Crippen LogP contribution < -0.4 is 15.6 Å². The maximum absolute atomic E-state index is 12.1. The van der Waals surface area contributed by atoms with Gasteiger partial charge in [-0.05, 0) is 18.2 Å². The maximum atomic E-state index is 12.1. The van der Waals surface area contributed by atoms with Gasteiger partial charge in [0.25, 0.3) is 15.6 Å². The molecule has 0 saturated carbocycles. The maximum Gasteiger partial charge on any atom is 0.282 e. The number of H-pyrrole nitrogens is 1. The number of nitrogens with zero attached hydrogens (tertiary/aromatic N) is 2. The Kier molecular flexibility index (Phi) is 3.47. The number of hydrogen-bond acceptors (Lipinski definition) is 6. The zero-order chi connectivity index (χ0) is 13.9. The van der Waals surface area contributed by atoms with Gasteiger partial charge in [0.15, 0.2) is 10.8 Å². The lowest BCUT2D eigenvalue weighted by Crippen LogP contribution is -2.18. The normalized spacial score (nSPS) is 11.0. The third kappa shape index (κ3) is 2.88. The topological polar surface area (TPSA) is 117 Å². The summed E-state index contributed by atoms with van der Waals surface area (Å²) in [5.41, 5.74) is -0.0591. The van der Waals surface area contributed by atoms with Crippen LogP contribution in [0, 0.1) is 0 Å². The Bertz CT molecular complexity index is 720. The first-order valence-electron chi connectivity index (χ1n) is 5.24. The van der Waals surface area contributed by atoms with E-state index in [0.717, 1.165) is 0 Å². The molecular weight excluding hydrogens is 270 g/mol. The van der Waals surface area contributed by atoms with E-state index in [2.05, 4.69) is 25.2 Å². The summed E-state index contributed by atoms with van der Waals surface area (Å²) in [5, 5.41) is 8.29. The van der Waals surface area contributed by atoms with Crippen LogP contribution in [0.3, 0.4) is 0 Å². The van der Waals surface area contributed by atoms with E-state index in [4.69, 9.17) is 0 Å². The van der Waals surface area contributed by atoms with E-state index in [0.29, 0.717) is 5.69 Å². The SMILES string of the molecule is CNc1cccnc1S(=O)(=O)Nc1ccc(=O)[nH]n1. The lowest BCUT2D eigenvalue weighted by Gasteiger charge is -2.09. The minimum absolute atomic E-state index is 0.00676. The van der Waals surface area contributed by atoms with Crippen molar-refractivity contribution >= 4 is 21.5 Å². The molecule has 0 bridgehead atoms. The van der Waals surface area contributed by atoms with Crippen molar-refractivity contribution in [3.63, 3.8) is 0 Å². The van der Waals surface area contributed by atoms with Gasteiger partial charge in [-0.1, -0.05) is 0 Å². The molecule has 2 aromatic rings. The molecule has 0 aliphatic rings. The van der Waals surface area contributed by atoms with Crippen LogP contribution in [0.1, 0.15) is 0 Å². The molecule has 2 rings (SSSR count). The van der Waals surface area contributed by atoms with Crippen molar-refractivity contribution in [1.82, 2.24) is 15.2 Å². The second kappa shape index (κ2) is 5.06. The van der Waals surface area contributed by atoms with Crippen molar-refractivity contribution in [2.24, 2.45) is 0 Å². The molecule has 0 amide bonds. The van der Waals surface area contributed by atoms with Gasteiger partial charge in [0.2, 0.25) is 0 Å². The molecule has 9 heteroatoms. The fraction of sp³-hybridized carbons (Fsp3) is 0.100. The summed E-state index contributed by atoms with van der Waals surface area (Å²) in [6, 6.07) is 5.63. The first kappa shape index (κ1) is 13.0. The van der Waals surface area contributed by atoms with Crippen LogP contribution in [0.4, 0.5) is 11.5 Å². The molecule has 0 aliphatic carbocycles. The van der Waals surface area contributed by atoms with Gasteiger partial charge in [-0.15, -0.1) is 0 Å². The third-order valence-corrected chi connectivity index (χ3v) is 3.53. The molecule has 0 atom stereocenters. The average molecular weight is 281 g/mol. The highest BCUT2D eigenvalue weighted by atomic mass is 32.2. The van der Waals surface area contributed by atoms with Crippen LogP contribution >= 0.6 is 0 Å². The van der Waals surface area contributed by atoms with E-state index in [1.165, 1.54) is 18.3 Å². The molecule has 0 unspecified atom stereocenters. The third-order valence-electron chi connectivity index (χ3n) is 2.21. The quantitative estimate of drug-likeness (QED) is 0.726. The number of nitrogens with one attached hydrogen (secondary N) is 3. The number of pyridine rings is 1. The number of hydrogen-bond donors (Lipinski definition) is 3. The monoisotopic (exact) mass is 281 g/mol. The van der Waals surface area contributed by atoms with Crippen molar-refractivity contribution < 1.29 is 8.42 Å². The molecular formula is C10H11N5O3S. The van der Waals surface area contributed by atoms with E-state index in [9.17, 15) is 13.2 Å². The Balaban J connectivity index is 2.37. The van der Waals surface area contributed by atoms with Gasteiger partial charge in [0, 0.05) is 19.3 Å². The zero-order valence-electron chi connectivity index (χ0n) is 9.91. The molecule has 0 fully saturated rings. The molecule has 0 radical (unpaired) electrons. The zero-order valence-corrected chi connectivity index (χ0v) is 10.7. The van der Waals surface area contributed by atoms with Gasteiger partial charge in [-0.3, -0.25) is 9.52 Å². The van der Waals surface area contributed by atoms with Crippen molar-refractivity contribution in [3.8, 4) is 0 Å². The molecule has 0 aromatic carbocycles. The van der Waals surface area contributed by atoms with Gasteiger partial charge >= 0.3 is 0 Å². The standard InChI is InChI=1S/C10H11N5O3S/c1-11-7-3-2-6-12-10(7)19(17,18)15-8-4-5-9(16)14-13-8/h2-6,11H,1H3,(H,13,15)(H,14,16). The highest BCUT2D eigenvalue weighted by Gasteiger charge is 2.20. The first-order valence-corrected chi connectivity index (χ1v) is 6.72. The van der Waals surface area contributed by atoms with Crippen LogP contribution in [0.2, 0.25) is 0 Å². The number of aromatic nitrogens is 3. The highest BCUT2D eigenvalue weighted by molar-refractivity contribution is 7.92.